The maximum Gasteiger partial charge on any atom is 0.374 e. The number of carbonyl (C=O) groups is 1. The molecule has 0 N–H and O–H groups in total. The highest BCUT2D eigenvalue weighted by molar-refractivity contribution is 5.90. The van der Waals surface area contributed by atoms with Gasteiger partial charge in [0.05, 0.1) is 19.1 Å². The first-order valence-corrected chi connectivity index (χ1v) is 5.86. The molecule has 1 aromatic carbocycles. The number of aryl methyl sites for hydroxylation is 1. The molecule has 0 unspecified atom stereocenters. The Morgan fingerprint density at radius 3 is 2.68 bits per heavy atom. The van der Waals surface area contributed by atoms with Gasteiger partial charge in [0.2, 0.25) is 5.76 Å². The number of hydrogen-bond acceptors (Lipinski definition) is 5. The third-order valence-electron chi connectivity index (χ3n) is 2.71. The van der Waals surface area contributed by atoms with Gasteiger partial charge in [-0.05, 0) is 25.5 Å². The van der Waals surface area contributed by atoms with Crippen molar-refractivity contribution in [2.75, 3.05) is 13.7 Å². The Balaban J connectivity index is 2.68. The summed E-state index contributed by atoms with van der Waals surface area (Å²) in [4.78, 5) is 23.6. The zero-order valence-electron chi connectivity index (χ0n) is 11.0. The SMILES string of the molecule is CCOC(=O)c1cc(=O)c2c(C)cc(OC)cc2o1. The summed E-state index contributed by atoms with van der Waals surface area (Å²) in [7, 11) is 1.52. The third-order valence-corrected chi connectivity index (χ3v) is 2.71. The Hall–Kier alpha value is -2.30. The van der Waals surface area contributed by atoms with E-state index in [1.54, 1.807) is 26.0 Å². The first-order valence-electron chi connectivity index (χ1n) is 5.86. The minimum absolute atomic E-state index is 0.105. The molecule has 0 amide bonds. The monoisotopic (exact) mass is 262 g/mol. The minimum atomic E-state index is -0.651. The fraction of sp³-hybridized carbons (Fsp3) is 0.286. The Bertz CT molecular complexity index is 684. The van der Waals surface area contributed by atoms with Crippen molar-refractivity contribution in [3.63, 3.8) is 0 Å². The predicted molar refractivity (Wildman–Crippen MR) is 69.7 cm³/mol. The van der Waals surface area contributed by atoms with E-state index < -0.39 is 5.97 Å². The molecular weight excluding hydrogens is 248 g/mol. The Labute approximate surface area is 109 Å². The second kappa shape index (κ2) is 5.14. The summed E-state index contributed by atoms with van der Waals surface area (Å²) >= 11 is 0. The van der Waals surface area contributed by atoms with Crippen LogP contribution in [0.25, 0.3) is 11.0 Å². The summed E-state index contributed by atoms with van der Waals surface area (Å²) in [5, 5.41) is 0.439. The maximum atomic E-state index is 12.0. The summed E-state index contributed by atoms with van der Waals surface area (Å²) in [5.74, 6) is -0.192. The molecule has 2 rings (SSSR count). The van der Waals surface area contributed by atoms with Crippen molar-refractivity contribution in [1.82, 2.24) is 0 Å². The second-order valence-corrected chi connectivity index (χ2v) is 4.01. The summed E-state index contributed by atoms with van der Waals surface area (Å²) in [6.45, 7) is 3.69. The van der Waals surface area contributed by atoms with Gasteiger partial charge in [0, 0.05) is 12.1 Å². The molecule has 1 aromatic heterocycles. The molecule has 0 spiro atoms. The van der Waals surface area contributed by atoms with Crippen molar-refractivity contribution < 1.29 is 18.7 Å². The fourth-order valence-corrected chi connectivity index (χ4v) is 1.88. The van der Waals surface area contributed by atoms with Crippen LogP contribution in [0.1, 0.15) is 23.0 Å². The van der Waals surface area contributed by atoms with Crippen molar-refractivity contribution in [2.45, 2.75) is 13.8 Å². The van der Waals surface area contributed by atoms with Gasteiger partial charge >= 0.3 is 5.97 Å². The quantitative estimate of drug-likeness (QED) is 0.794. The molecule has 0 radical (unpaired) electrons. The number of ether oxygens (including phenoxy) is 2. The molecule has 0 saturated carbocycles. The van der Waals surface area contributed by atoms with Gasteiger partial charge in [0.15, 0.2) is 5.43 Å². The summed E-state index contributed by atoms with van der Waals surface area (Å²) < 4.78 is 15.4. The van der Waals surface area contributed by atoms with E-state index in [2.05, 4.69) is 0 Å². The Kier molecular flexibility index (Phi) is 3.55. The lowest BCUT2D eigenvalue weighted by Crippen LogP contribution is -2.10. The van der Waals surface area contributed by atoms with E-state index in [1.165, 1.54) is 7.11 Å². The lowest BCUT2D eigenvalue weighted by molar-refractivity contribution is 0.0490. The highest BCUT2D eigenvalue weighted by Crippen LogP contribution is 2.23. The average molecular weight is 262 g/mol. The first-order chi connectivity index (χ1) is 9.06. The highest BCUT2D eigenvalue weighted by atomic mass is 16.5. The van der Waals surface area contributed by atoms with Gasteiger partial charge in [-0.3, -0.25) is 4.79 Å². The summed E-state index contributed by atoms with van der Waals surface area (Å²) in [5.41, 5.74) is 0.773. The van der Waals surface area contributed by atoms with Crippen LogP contribution in [0.4, 0.5) is 0 Å². The molecule has 0 aliphatic heterocycles. The molecular formula is C14H14O5. The Morgan fingerprint density at radius 2 is 2.05 bits per heavy atom. The van der Waals surface area contributed by atoms with Gasteiger partial charge in [-0.1, -0.05) is 0 Å². The molecule has 0 saturated heterocycles. The van der Waals surface area contributed by atoms with Crippen LogP contribution < -0.4 is 10.2 Å². The van der Waals surface area contributed by atoms with E-state index in [1.807, 2.05) is 0 Å². The largest absolute Gasteiger partial charge is 0.497 e. The van der Waals surface area contributed by atoms with Crippen molar-refractivity contribution in [3.8, 4) is 5.75 Å². The smallest absolute Gasteiger partial charge is 0.374 e. The van der Waals surface area contributed by atoms with Crippen LogP contribution in [-0.4, -0.2) is 19.7 Å². The van der Waals surface area contributed by atoms with Crippen LogP contribution in [0.15, 0.2) is 27.4 Å². The van der Waals surface area contributed by atoms with E-state index in [-0.39, 0.29) is 17.8 Å². The standard InChI is InChI=1S/C14H14O5/c1-4-18-14(16)12-7-10(15)13-8(2)5-9(17-3)6-11(13)19-12/h5-7H,4H2,1-3H3. The molecule has 100 valence electrons. The molecule has 0 atom stereocenters. The lowest BCUT2D eigenvalue weighted by atomic mass is 10.1. The molecule has 0 aliphatic carbocycles. The lowest BCUT2D eigenvalue weighted by Gasteiger charge is -2.06. The van der Waals surface area contributed by atoms with Gasteiger partial charge in [0.1, 0.15) is 11.3 Å². The van der Waals surface area contributed by atoms with E-state index in [9.17, 15) is 9.59 Å². The molecule has 19 heavy (non-hydrogen) atoms. The van der Waals surface area contributed by atoms with E-state index in [0.29, 0.717) is 16.7 Å². The zero-order valence-corrected chi connectivity index (χ0v) is 11.0. The number of benzene rings is 1. The van der Waals surface area contributed by atoms with Crippen LogP contribution in [0.5, 0.6) is 5.75 Å². The molecule has 0 aliphatic rings. The average Bonchev–Trinajstić information content (AvgIpc) is 2.37. The number of carbonyl (C=O) groups excluding carboxylic acids is 1. The normalized spacial score (nSPS) is 10.5. The number of methoxy groups -OCH3 is 1. The number of esters is 1. The fourth-order valence-electron chi connectivity index (χ4n) is 1.88. The molecule has 1 heterocycles. The van der Waals surface area contributed by atoms with Crippen molar-refractivity contribution in [3.05, 3.63) is 39.7 Å². The molecule has 5 nitrogen and oxygen atoms in total. The number of fused-ring (bicyclic) bond motifs is 1. The first kappa shape index (κ1) is 13.1. The van der Waals surface area contributed by atoms with Crippen molar-refractivity contribution >= 4 is 16.9 Å². The molecule has 0 bridgehead atoms. The molecule has 2 aromatic rings. The molecule has 5 heteroatoms. The van der Waals surface area contributed by atoms with Crippen molar-refractivity contribution in [1.29, 1.82) is 0 Å². The van der Waals surface area contributed by atoms with Gasteiger partial charge in [-0.2, -0.15) is 0 Å². The van der Waals surface area contributed by atoms with Crippen molar-refractivity contribution in [2.24, 2.45) is 0 Å². The van der Waals surface area contributed by atoms with Crippen LogP contribution in [0.3, 0.4) is 0 Å². The van der Waals surface area contributed by atoms with Crippen LogP contribution in [0.2, 0.25) is 0 Å². The second-order valence-electron chi connectivity index (χ2n) is 4.01. The topological polar surface area (TPSA) is 65.7 Å². The van der Waals surface area contributed by atoms with Crippen LogP contribution in [0, 0.1) is 6.92 Å². The van der Waals surface area contributed by atoms with Crippen LogP contribution >= 0.6 is 0 Å². The van der Waals surface area contributed by atoms with E-state index >= 15 is 0 Å². The summed E-state index contributed by atoms with van der Waals surface area (Å²) in [6, 6.07) is 4.47. The van der Waals surface area contributed by atoms with E-state index in [0.717, 1.165) is 11.6 Å². The van der Waals surface area contributed by atoms with Gasteiger partial charge in [-0.25, -0.2) is 4.79 Å². The predicted octanol–water partition coefficient (Wildman–Crippen LogP) is 2.29. The van der Waals surface area contributed by atoms with Gasteiger partial charge < -0.3 is 13.9 Å². The van der Waals surface area contributed by atoms with E-state index in [4.69, 9.17) is 13.9 Å². The van der Waals surface area contributed by atoms with Gasteiger partial charge in [-0.15, -0.1) is 0 Å². The number of rotatable bonds is 3. The minimum Gasteiger partial charge on any atom is -0.497 e. The third kappa shape index (κ3) is 2.45. The van der Waals surface area contributed by atoms with Gasteiger partial charge in [0.25, 0.3) is 0 Å². The molecule has 0 fully saturated rings. The number of hydrogen-bond donors (Lipinski definition) is 0. The summed E-state index contributed by atoms with van der Waals surface area (Å²) in [6.07, 6.45) is 0. The Morgan fingerprint density at radius 1 is 1.32 bits per heavy atom. The maximum absolute atomic E-state index is 12.0. The zero-order chi connectivity index (χ0) is 14.0. The highest BCUT2D eigenvalue weighted by Gasteiger charge is 2.15. The van der Waals surface area contributed by atoms with Crippen LogP contribution in [-0.2, 0) is 4.74 Å².